The number of aromatic nitrogens is 2. The number of nitriles is 1. The van der Waals surface area contributed by atoms with Crippen molar-refractivity contribution in [3.05, 3.63) is 107 Å². The number of nitrogens with one attached hydrogen (secondary N) is 2. The zero-order chi connectivity index (χ0) is 24.2. The number of rotatable bonds is 0. The highest BCUT2D eigenvalue weighted by Gasteiger charge is 2.14. The number of carbonyl (C=O) groups excluding carboxylic acids is 1. The van der Waals surface area contributed by atoms with E-state index in [2.05, 4.69) is 26.3 Å². The second-order valence-corrected chi connectivity index (χ2v) is 8.49. The lowest BCUT2D eigenvalue weighted by Gasteiger charge is -2.15. The first-order chi connectivity index (χ1) is 17.1. The molecular weight excluding hydrogens is 438 g/mol. The van der Waals surface area contributed by atoms with Gasteiger partial charge in [0.15, 0.2) is 0 Å². The molecule has 7 heteroatoms. The number of aryl methyl sites for hydroxylation is 1. The van der Waals surface area contributed by atoms with E-state index >= 15 is 0 Å². The number of fused-ring (bicyclic) bond motifs is 6. The maximum Gasteiger partial charge on any atom is 0.255 e. The quantitative estimate of drug-likeness (QED) is 0.391. The second kappa shape index (κ2) is 9.84. The summed E-state index contributed by atoms with van der Waals surface area (Å²) in [7, 11) is 0. The highest BCUT2D eigenvalue weighted by atomic mass is 16.5. The number of para-hydroxylation sites is 1. The minimum atomic E-state index is -0.224. The SMILES string of the molecule is Cc1ncc2n1Cc1ccc(C#N)c(c1)Oc1cccc(c1)C(=O)Nc1ccccc1CNCC2. The van der Waals surface area contributed by atoms with Gasteiger partial charge in [0, 0.05) is 49.2 Å². The van der Waals surface area contributed by atoms with Gasteiger partial charge in [-0.05, 0) is 54.4 Å². The van der Waals surface area contributed by atoms with Crippen LogP contribution >= 0.6 is 0 Å². The summed E-state index contributed by atoms with van der Waals surface area (Å²) in [4.78, 5) is 17.5. The summed E-state index contributed by atoms with van der Waals surface area (Å²) in [5, 5.41) is 16.1. The lowest BCUT2D eigenvalue weighted by molar-refractivity contribution is 0.102. The van der Waals surface area contributed by atoms with E-state index in [1.807, 2.05) is 49.5 Å². The van der Waals surface area contributed by atoms with Gasteiger partial charge in [-0.2, -0.15) is 5.26 Å². The summed E-state index contributed by atoms with van der Waals surface area (Å²) in [5.74, 6) is 1.65. The molecule has 2 N–H and O–H groups in total. The number of imidazole rings is 1. The van der Waals surface area contributed by atoms with Gasteiger partial charge < -0.3 is 19.9 Å². The molecule has 7 nitrogen and oxygen atoms in total. The van der Waals surface area contributed by atoms with Gasteiger partial charge in [-0.1, -0.05) is 30.3 Å². The molecule has 0 fully saturated rings. The van der Waals surface area contributed by atoms with Crippen LogP contribution in [0.25, 0.3) is 0 Å². The molecule has 0 unspecified atom stereocenters. The molecule has 0 atom stereocenters. The van der Waals surface area contributed by atoms with Crippen molar-refractivity contribution in [2.24, 2.45) is 0 Å². The van der Waals surface area contributed by atoms with E-state index in [0.717, 1.165) is 41.3 Å². The monoisotopic (exact) mass is 463 g/mol. The Balaban J connectivity index is 1.56. The largest absolute Gasteiger partial charge is 0.456 e. The van der Waals surface area contributed by atoms with E-state index in [1.54, 1.807) is 30.3 Å². The molecule has 1 aromatic heterocycles. The first-order valence-electron chi connectivity index (χ1n) is 11.5. The van der Waals surface area contributed by atoms with E-state index in [-0.39, 0.29) is 5.91 Å². The number of anilines is 1. The van der Waals surface area contributed by atoms with Crippen LogP contribution in [0.15, 0.2) is 72.9 Å². The number of ether oxygens (including phenoxy) is 1. The van der Waals surface area contributed by atoms with Crippen molar-refractivity contribution in [2.75, 3.05) is 11.9 Å². The number of carbonyl (C=O) groups is 1. The molecule has 1 aliphatic rings. The molecule has 0 spiro atoms. The maximum absolute atomic E-state index is 13.0. The van der Waals surface area contributed by atoms with Gasteiger partial charge in [0.1, 0.15) is 23.4 Å². The zero-order valence-corrected chi connectivity index (χ0v) is 19.4. The van der Waals surface area contributed by atoms with Gasteiger partial charge in [0.05, 0.1) is 5.56 Å². The van der Waals surface area contributed by atoms with E-state index in [1.165, 1.54) is 0 Å². The van der Waals surface area contributed by atoms with Gasteiger partial charge in [0.2, 0.25) is 0 Å². The van der Waals surface area contributed by atoms with Crippen LogP contribution in [0.5, 0.6) is 11.5 Å². The predicted molar refractivity (Wildman–Crippen MR) is 134 cm³/mol. The molecule has 1 amide bonds. The average molecular weight is 464 g/mol. The summed E-state index contributed by atoms with van der Waals surface area (Å²) in [5.41, 5.74) is 4.79. The van der Waals surface area contributed by atoms with Crippen molar-refractivity contribution >= 4 is 11.6 Å². The van der Waals surface area contributed by atoms with Gasteiger partial charge in [0.25, 0.3) is 5.91 Å². The van der Waals surface area contributed by atoms with Crippen LogP contribution in [-0.2, 0) is 19.5 Å². The lowest BCUT2D eigenvalue weighted by Crippen LogP contribution is -2.20. The Labute approximate surface area is 204 Å². The van der Waals surface area contributed by atoms with Crippen LogP contribution in [-0.4, -0.2) is 22.0 Å². The van der Waals surface area contributed by atoms with Gasteiger partial charge in [-0.15, -0.1) is 0 Å². The molecule has 4 bridgehead atoms. The Kier molecular flexibility index (Phi) is 6.29. The number of nitrogens with zero attached hydrogens (tertiary/aromatic N) is 3. The first-order valence-corrected chi connectivity index (χ1v) is 11.5. The highest BCUT2D eigenvalue weighted by molar-refractivity contribution is 6.04. The molecule has 0 aliphatic carbocycles. The standard InChI is InChI=1S/C28H25N5O2/c1-19-31-17-24-11-12-30-16-23-5-2-3-8-26(23)32-28(34)21-6-4-7-25(14-21)35-27-13-20(18-33(19)24)9-10-22(27)15-29/h2-10,13-14,17,30H,11-12,16,18H2,1H3,(H,32,34). The smallest absolute Gasteiger partial charge is 0.255 e. The van der Waals surface area contributed by atoms with Crippen molar-refractivity contribution in [3.8, 4) is 17.6 Å². The molecule has 5 rings (SSSR count). The predicted octanol–water partition coefficient (Wildman–Crippen LogP) is 4.80. The average Bonchev–Trinajstić information content (AvgIpc) is 3.21. The third kappa shape index (κ3) is 4.93. The Hall–Kier alpha value is -4.41. The molecule has 0 radical (unpaired) electrons. The van der Waals surface area contributed by atoms with Crippen LogP contribution in [0, 0.1) is 18.3 Å². The number of hydrogen-bond donors (Lipinski definition) is 2. The lowest BCUT2D eigenvalue weighted by atomic mass is 10.1. The molecule has 2 heterocycles. The minimum Gasteiger partial charge on any atom is -0.456 e. The second-order valence-electron chi connectivity index (χ2n) is 8.49. The minimum absolute atomic E-state index is 0.224. The highest BCUT2D eigenvalue weighted by Crippen LogP contribution is 2.28. The van der Waals surface area contributed by atoms with Crippen LogP contribution in [0.4, 0.5) is 5.69 Å². The molecule has 0 saturated heterocycles. The van der Waals surface area contributed by atoms with E-state index in [4.69, 9.17) is 4.74 Å². The fourth-order valence-corrected chi connectivity index (χ4v) is 4.21. The van der Waals surface area contributed by atoms with E-state index in [0.29, 0.717) is 35.7 Å². The van der Waals surface area contributed by atoms with Gasteiger partial charge >= 0.3 is 0 Å². The van der Waals surface area contributed by atoms with E-state index < -0.39 is 0 Å². The third-order valence-electron chi connectivity index (χ3n) is 6.11. The summed E-state index contributed by atoms with van der Waals surface area (Å²) in [6.45, 7) is 4.01. The Morgan fingerprint density at radius 1 is 1.09 bits per heavy atom. The molecule has 1 aliphatic heterocycles. The van der Waals surface area contributed by atoms with Crippen LogP contribution in [0.3, 0.4) is 0 Å². The molecule has 0 saturated carbocycles. The maximum atomic E-state index is 13.0. The summed E-state index contributed by atoms with van der Waals surface area (Å²) >= 11 is 0. The first kappa shape index (κ1) is 22.4. The molecular formula is C28H25N5O2. The van der Waals surface area contributed by atoms with Crippen molar-refractivity contribution in [1.29, 1.82) is 5.26 Å². The fraction of sp³-hybridized carbons (Fsp3) is 0.179. The van der Waals surface area contributed by atoms with Crippen LogP contribution in [0.2, 0.25) is 0 Å². The Bertz CT molecular complexity index is 1430. The van der Waals surface area contributed by atoms with Crippen LogP contribution < -0.4 is 15.4 Å². The van der Waals surface area contributed by atoms with Crippen LogP contribution in [0.1, 0.15) is 38.6 Å². The number of benzene rings is 3. The number of hydrogen-bond acceptors (Lipinski definition) is 5. The zero-order valence-electron chi connectivity index (χ0n) is 19.4. The molecule has 174 valence electrons. The van der Waals surface area contributed by atoms with Gasteiger partial charge in [-0.3, -0.25) is 4.79 Å². The number of amides is 1. The summed E-state index contributed by atoms with van der Waals surface area (Å²) < 4.78 is 8.29. The topological polar surface area (TPSA) is 92.0 Å². The summed E-state index contributed by atoms with van der Waals surface area (Å²) in [6.07, 6.45) is 2.72. The van der Waals surface area contributed by atoms with Crippen molar-refractivity contribution in [3.63, 3.8) is 0 Å². The fourth-order valence-electron chi connectivity index (χ4n) is 4.21. The molecule has 3 aromatic carbocycles. The summed E-state index contributed by atoms with van der Waals surface area (Å²) in [6, 6.07) is 22.5. The van der Waals surface area contributed by atoms with Crippen molar-refractivity contribution < 1.29 is 9.53 Å². The van der Waals surface area contributed by atoms with Crippen molar-refractivity contribution in [2.45, 2.75) is 26.4 Å². The Morgan fingerprint density at radius 3 is 2.86 bits per heavy atom. The van der Waals surface area contributed by atoms with Gasteiger partial charge in [-0.25, -0.2) is 4.98 Å². The van der Waals surface area contributed by atoms with Crippen molar-refractivity contribution in [1.82, 2.24) is 14.9 Å². The Morgan fingerprint density at radius 2 is 1.97 bits per heavy atom. The molecule has 35 heavy (non-hydrogen) atoms. The molecule has 4 aromatic rings. The van der Waals surface area contributed by atoms with E-state index in [9.17, 15) is 10.1 Å². The normalized spacial score (nSPS) is 13.8. The third-order valence-corrected chi connectivity index (χ3v) is 6.11.